The molecule has 16 heteroatoms. The SMILES string of the molecule is CC.CCF.CCOc1cc(C(=O)Nc2cc(C(F)(F)F)ccn2)ccc1-c1nc(C[C@H]2CC[C@@H](C(F)F)N(C(=O)C3CC3)C2)n2ccnc(N)c12. The fraction of sp³-hybridized carbons (Fsp3) is 0.472. The summed E-state index contributed by atoms with van der Waals surface area (Å²) in [6.45, 7) is 7.38. The molecule has 4 aromatic rings. The quantitative estimate of drug-likeness (QED) is 0.168. The van der Waals surface area contributed by atoms with Crippen LogP contribution in [0.15, 0.2) is 48.9 Å². The molecule has 2 amide bonds. The van der Waals surface area contributed by atoms with Crippen LogP contribution in [0, 0.1) is 11.8 Å². The number of imidazole rings is 1. The van der Waals surface area contributed by atoms with Gasteiger partial charge in [0.1, 0.15) is 34.4 Å². The Balaban J connectivity index is 0.00000115. The largest absolute Gasteiger partial charge is 0.493 e. The molecule has 4 heterocycles. The highest BCUT2D eigenvalue weighted by Crippen LogP contribution is 2.39. The Morgan fingerprint density at radius 1 is 1.04 bits per heavy atom. The molecule has 1 saturated heterocycles. The van der Waals surface area contributed by atoms with E-state index in [1.807, 2.05) is 13.8 Å². The van der Waals surface area contributed by atoms with Crippen molar-refractivity contribution in [3.63, 3.8) is 0 Å². The summed E-state index contributed by atoms with van der Waals surface area (Å²) in [6, 6.07) is 4.98. The number of carbonyl (C=O) groups is 2. The van der Waals surface area contributed by atoms with Gasteiger partial charge < -0.3 is 20.7 Å². The maximum absolute atomic E-state index is 13.8. The number of hydrogen-bond acceptors (Lipinski definition) is 7. The zero-order valence-corrected chi connectivity index (χ0v) is 29.4. The van der Waals surface area contributed by atoms with Crippen molar-refractivity contribution in [3.8, 4) is 17.0 Å². The number of aromatic nitrogens is 4. The predicted octanol–water partition coefficient (Wildman–Crippen LogP) is 7.87. The molecule has 2 atom stereocenters. The first-order chi connectivity index (χ1) is 24.9. The fourth-order valence-corrected chi connectivity index (χ4v) is 6.03. The number of nitrogens with two attached hydrogens (primary N) is 1. The first kappa shape index (κ1) is 39.9. The summed E-state index contributed by atoms with van der Waals surface area (Å²) in [6.07, 6.45) is -0.546. The fourth-order valence-electron chi connectivity index (χ4n) is 6.03. The van der Waals surface area contributed by atoms with Crippen LogP contribution in [0.25, 0.3) is 16.8 Å². The van der Waals surface area contributed by atoms with E-state index in [0.717, 1.165) is 31.2 Å². The van der Waals surface area contributed by atoms with Crippen LogP contribution in [0.4, 0.5) is 38.0 Å². The van der Waals surface area contributed by atoms with Gasteiger partial charge in [0, 0.05) is 48.6 Å². The van der Waals surface area contributed by atoms with Crippen LogP contribution in [-0.2, 0) is 17.4 Å². The number of piperidine rings is 1. The predicted molar refractivity (Wildman–Crippen MR) is 185 cm³/mol. The second-order valence-electron chi connectivity index (χ2n) is 12.0. The minimum atomic E-state index is -4.60. The Hall–Kier alpha value is -4.89. The molecule has 1 aliphatic carbocycles. The summed E-state index contributed by atoms with van der Waals surface area (Å²) in [5.41, 5.74) is 6.84. The van der Waals surface area contributed by atoms with Crippen molar-refractivity contribution in [2.24, 2.45) is 11.8 Å². The molecular formula is C36H43F6N7O3. The van der Waals surface area contributed by atoms with Crippen molar-refractivity contribution in [2.75, 3.05) is 30.9 Å². The third-order valence-electron chi connectivity index (χ3n) is 8.48. The van der Waals surface area contributed by atoms with E-state index < -0.39 is 30.1 Å². The molecule has 2 fully saturated rings. The van der Waals surface area contributed by atoms with E-state index >= 15 is 0 Å². The average Bonchev–Trinajstić information content (AvgIpc) is 3.91. The highest BCUT2D eigenvalue weighted by atomic mass is 19.4. The maximum atomic E-state index is 13.8. The summed E-state index contributed by atoms with van der Waals surface area (Å²) >= 11 is 0. The normalized spacial score (nSPS) is 17.2. The van der Waals surface area contributed by atoms with Crippen molar-refractivity contribution in [1.29, 1.82) is 0 Å². The van der Waals surface area contributed by atoms with Crippen LogP contribution in [0.5, 0.6) is 5.75 Å². The third-order valence-corrected chi connectivity index (χ3v) is 8.48. The molecule has 0 unspecified atom stereocenters. The second-order valence-corrected chi connectivity index (χ2v) is 12.0. The Kier molecular flexibility index (Phi) is 13.5. The third kappa shape index (κ3) is 9.31. The molecular weight excluding hydrogens is 692 g/mol. The van der Waals surface area contributed by atoms with E-state index in [-0.39, 0.29) is 66.9 Å². The number of nitrogens with zero attached hydrogens (tertiary/aromatic N) is 5. The molecule has 0 bridgehead atoms. The van der Waals surface area contributed by atoms with Gasteiger partial charge in [0.05, 0.1) is 24.9 Å². The Bertz CT molecular complexity index is 1830. The lowest BCUT2D eigenvalue weighted by Crippen LogP contribution is -2.51. The highest BCUT2D eigenvalue weighted by Gasteiger charge is 2.42. The smallest absolute Gasteiger partial charge is 0.416 e. The number of fused-ring (bicyclic) bond motifs is 1. The molecule has 282 valence electrons. The lowest BCUT2D eigenvalue weighted by atomic mass is 9.89. The van der Waals surface area contributed by atoms with Gasteiger partial charge in [-0.1, -0.05) is 13.8 Å². The summed E-state index contributed by atoms with van der Waals surface area (Å²) in [4.78, 5) is 40.3. The highest BCUT2D eigenvalue weighted by molar-refractivity contribution is 6.04. The van der Waals surface area contributed by atoms with Gasteiger partial charge in [-0.05, 0) is 75.8 Å². The molecule has 0 radical (unpaired) electrons. The van der Waals surface area contributed by atoms with E-state index in [9.17, 15) is 35.9 Å². The number of carbonyl (C=O) groups excluding carboxylic acids is 2. The van der Waals surface area contributed by atoms with Crippen LogP contribution >= 0.6 is 0 Å². The van der Waals surface area contributed by atoms with Crippen LogP contribution in [0.3, 0.4) is 0 Å². The van der Waals surface area contributed by atoms with E-state index in [4.69, 9.17) is 15.5 Å². The van der Waals surface area contributed by atoms with E-state index in [0.29, 0.717) is 35.4 Å². The minimum Gasteiger partial charge on any atom is -0.493 e. The molecule has 10 nitrogen and oxygen atoms in total. The van der Waals surface area contributed by atoms with E-state index in [2.05, 4.69) is 15.3 Å². The number of nitrogen functional groups attached to an aromatic ring is 1. The molecule has 3 aromatic heterocycles. The number of ether oxygens (including phenoxy) is 1. The molecule has 52 heavy (non-hydrogen) atoms. The summed E-state index contributed by atoms with van der Waals surface area (Å²) in [5, 5.41) is 2.39. The summed E-state index contributed by atoms with van der Waals surface area (Å²) < 4.78 is 85.1. The molecule has 1 aromatic carbocycles. The number of halogens is 6. The van der Waals surface area contributed by atoms with Gasteiger partial charge >= 0.3 is 6.18 Å². The molecule has 1 aliphatic heterocycles. The molecule has 2 aliphatic rings. The lowest BCUT2D eigenvalue weighted by Gasteiger charge is -2.39. The number of rotatable bonds is 9. The van der Waals surface area contributed by atoms with Gasteiger partial charge in [-0.25, -0.2) is 23.7 Å². The van der Waals surface area contributed by atoms with Crippen LogP contribution < -0.4 is 15.8 Å². The standard InChI is InChI=1S/C32H32F5N7O3.C2H5F.C2H6/c1-2-47-23-14-19(30(45)41-24-15-20(9-10-39-24)32(35,36)37)6-7-21(23)26-27-29(38)40-11-12-43(27)25(42-26)13-17-3-8-22(28(33)34)44(16-17)31(46)18-4-5-18;1-2-3;1-2/h6-7,9-12,14-15,17-18,22,28H,2-5,8,13,16H2,1H3,(H2,38,40)(H,39,41,45);2H2,1H3;1-2H3/t17-,22+;;/m1../s1. The first-order valence-corrected chi connectivity index (χ1v) is 17.2. The molecule has 3 N–H and O–H groups in total. The second kappa shape index (κ2) is 17.6. The van der Waals surface area contributed by atoms with E-state index in [1.54, 1.807) is 23.6 Å². The van der Waals surface area contributed by atoms with Gasteiger partial charge in [-0.2, -0.15) is 13.2 Å². The van der Waals surface area contributed by atoms with Crippen molar-refractivity contribution in [3.05, 3.63) is 65.9 Å². The summed E-state index contributed by atoms with van der Waals surface area (Å²) in [7, 11) is 0. The van der Waals surface area contributed by atoms with Crippen LogP contribution in [-0.4, -0.2) is 68.4 Å². The molecule has 0 spiro atoms. The molecule has 1 saturated carbocycles. The first-order valence-electron chi connectivity index (χ1n) is 17.2. The topological polar surface area (TPSA) is 128 Å². The Morgan fingerprint density at radius 3 is 2.38 bits per heavy atom. The zero-order chi connectivity index (χ0) is 38.2. The summed E-state index contributed by atoms with van der Waals surface area (Å²) in [5.74, 6) is -0.454. The van der Waals surface area contributed by atoms with Crippen LogP contribution in [0.1, 0.15) is 75.1 Å². The number of pyridine rings is 1. The number of nitrogens with one attached hydrogen (secondary N) is 1. The van der Waals surface area contributed by atoms with Gasteiger partial charge in [0.15, 0.2) is 0 Å². The van der Waals surface area contributed by atoms with Gasteiger partial charge in [-0.15, -0.1) is 0 Å². The number of hydrogen-bond donors (Lipinski definition) is 2. The van der Waals surface area contributed by atoms with Crippen LogP contribution in [0.2, 0.25) is 0 Å². The number of likely N-dealkylation sites (tertiary alicyclic amines) is 1. The number of amides is 2. The molecule has 6 rings (SSSR count). The number of anilines is 2. The number of alkyl halides is 6. The van der Waals surface area contributed by atoms with Gasteiger partial charge in [0.2, 0.25) is 5.91 Å². The van der Waals surface area contributed by atoms with Crippen molar-refractivity contribution in [2.45, 2.75) is 78.4 Å². The Morgan fingerprint density at radius 2 is 1.75 bits per heavy atom. The van der Waals surface area contributed by atoms with Crippen molar-refractivity contribution in [1.82, 2.24) is 24.3 Å². The van der Waals surface area contributed by atoms with E-state index in [1.165, 1.54) is 30.2 Å². The average molecular weight is 736 g/mol. The number of benzene rings is 1. The van der Waals surface area contributed by atoms with Crippen molar-refractivity contribution < 1.29 is 40.7 Å². The van der Waals surface area contributed by atoms with Gasteiger partial charge in [0.25, 0.3) is 12.3 Å². The van der Waals surface area contributed by atoms with Gasteiger partial charge in [-0.3, -0.25) is 18.4 Å². The monoisotopic (exact) mass is 735 g/mol. The Labute approximate surface area is 297 Å². The maximum Gasteiger partial charge on any atom is 0.416 e. The zero-order valence-electron chi connectivity index (χ0n) is 29.4. The lowest BCUT2D eigenvalue weighted by molar-refractivity contribution is -0.142. The van der Waals surface area contributed by atoms with Crippen molar-refractivity contribution >= 4 is 29.0 Å². The minimum absolute atomic E-state index is 0.0995.